The fourth-order valence-electron chi connectivity index (χ4n) is 2.15. The molecule has 0 aliphatic carbocycles. The number of rotatable bonds is 0. The van der Waals surface area contributed by atoms with E-state index in [2.05, 4.69) is 18.0 Å². The summed E-state index contributed by atoms with van der Waals surface area (Å²) < 4.78 is 11.5. The van der Waals surface area contributed by atoms with Crippen LogP contribution in [0.3, 0.4) is 0 Å². The first kappa shape index (κ1) is 8.26. The van der Waals surface area contributed by atoms with Gasteiger partial charge in [0.25, 0.3) is 0 Å². The number of likely N-dealkylation sites (N-methyl/N-ethyl adjacent to an activating group) is 1. The Bertz CT molecular complexity index is 353. The van der Waals surface area contributed by atoms with Crippen LogP contribution in [0.25, 0.3) is 0 Å². The summed E-state index contributed by atoms with van der Waals surface area (Å²) in [5.74, 6) is 0.964. The van der Waals surface area contributed by atoms with Crippen molar-refractivity contribution in [3.05, 3.63) is 29.8 Å². The minimum absolute atomic E-state index is 0.0821. The average Bonchev–Trinajstić information content (AvgIpc) is 2.45. The fourth-order valence-corrected chi connectivity index (χ4v) is 2.15. The Morgan fingerprint density at radius 1 is 1.36 bits per heavy atom. The molecule has 14 heavy (non-hydrogen) atoms. The maximum Gasteiger partial charge on any atom is 0.140 e. The van der Waals surface area contributed by atoms with E-state index in [9.17, 15) is 0 Å². The van der Waals surface area contributed by atoms with Crippen LogP contribution in [-0.2, 0) is 4.74 Å². The highest BCUT2D eigenvalue weighted by Gasteiger charge is 2.35. The van der Waals surface area contributed by atoms with E-state index in [0.29, 0.717) is 6.61 Å². The van der Waals surface area contributed by atoms with Gasteiger partial charge < -0.3 is 9.47 Å². The molecule has 2 bridgehead atoms. The molecule has 2 aliphatic heterocycles. The third-order valence-electron chi connectivity index (χ3n) is 2.82. The van der Waals surface area contributed by atoms with Gasteiger partial charge in [-0.1, -0.05) is 18.2 Å². The Morgan fingerprint density at radius 2 is 2.21 bits per heavy atom. The maximum absolute atomic E-state index is 5.86. The summed E-state index contributed by atoms with van der Waals surface area (Å²) in [7, 11) is 2.09. The first-order valence-corrected chi connectivity index (χ1v) is 4.92. The van der Waals surface area contributed by atoms with Crippen molar-refractivity contribution in [2.45, 2.75) is 12.3 Å². The summed E-state index contributed by atoms with van der Waals surface area (Å²) in [6.07, 6.45) is 0.302. The van der Waals surface area contributed by atoms with Gasteiger partial charge in [-0.15, -0.1) is 0 Å². The Morgan fingerprint density at radius 3 is 3.14 bits per heavy atom. The lowest BCUT2D eigenvalue weighted by Gasteiger charge is -2.20. The summed E-state index contributed by atoms with van der Waals surface area (Å²) in [5.41, 5.74) is 1.15. The van der Waals surface area contributed by atoms with E-state index in [0.717, 1.165) is 17.9 Å². The number of fused-ring (bicyclic) bond motifs is 4. The zero-order chi connectivity index (χ0) is 9.54. The number of benzene rings is 1. The maximum atomic E-state index is 5.86. The van der Waals surface area contributed by atoms with Gasteiger partial charge in [-0.25, -0.2) is 0 Å². The standard InChI is InChI=1S/C11H13NO2/c1-12-6-8-7-13-10-5-3-2-4-9(10)11(12)14-8/h2-5,8,11H,6-7H2,1H3. The lowest BCUT2D eigenvalue weighted by atomic mass is 10.1. The van der Waals surface area contributed by atoms with Crippen LogP contribution in [0.15, 0.2) is 24.3 Å². The first-order valence-electron chi connectivity index (χ1n) is 4.92. The molecule has 0 aromatic heterocycles. The summed E-state index contributed by atoms with van der Waals surface area (Å²) in [4.78, 5) is 2.23. The normalized spacial score (nSPS) is 30.6. The fraction of sp³-hybridized carbons (Fsp3) is 0.455. The van der Waals surface area contributed by atoms with E-state index < -0.39 is 0 Å². The molecule has 3 rings (SSSR count). The number of hydrogen-bond acceptors (Lipinski definition) is 3. The molecule has 0 radical (unpaired) electrons. The van der Waals surface area contributed by atoms with Crippen molar-refractivity contribution in [2.24, 2.45) is 0 Å². The zero-order valence-corrected chi connectivity index (χ0v) is 8.14. The van der Waals surface area contributed by atoms with Gasteiger partial charge in [0, 0.05) is 12.1 Å². The molecule has 0 saturated carbocycles. The minimum atomic E-state index is 0.0821. The molecule has 0 N–H and O–H groups in total. The van der Waals surface area contributed by atoms with Crippen LogP contribution < -0.4 is 4.74 Å². The van der Waals surface area contributed by atoms with Gasteiger partial charge in [0.05, 0.1) is 0 Å². The van der Waals surface area contributed by atoms with E-state index in [1.807, 2.05) is 18.2 Å². The van der Waals surface area contributed by atoms with Gasteiger partial charge in [-0.3, -0.25) is 4.90 Å². The molecule has 2 unspecified atom stereocenters. The molecule has 0 amide bonds. The largest absolute Gasteiger partial charge is 0.490 e. The van der Waals surface area contributed by atoms with Gasteiger partial charge in [-0.05, 0) is 13.1 Å². The van der Waals surface area contributed by atoms with Crippen molar-refractivity contribution in [3.8, 4) is 5.75 Å². The monoisotopic (exact) mass is 191 g/mol. The van der Waals surface area contributed by atoms with Crippen molar-refractivity contribution >= 4 is 0 Å². The average molecular weight is 191 g/mol. The van der Waals surface area contributed by atoms with Crippen LogP contribution in [0.1, 0.15) is 11.8 Å². The topological polar surface area (TPSA) is 21.7 Å². The summed E-state index contributed by atoms with van der Waals surface area (Å²) in [5, 5.41) is 0. The number of nitrogens with zero attached hydrogens (tertiary/aromatic N) is 1. The smallest absolute Gasteiger partial charge is 0.140 e. The number of para-hydroxylation sites is 1. The van der Waals surface area contributed by atoms with E-state index in [1.54, 1.807) is 0 Å². The van der Waals surface area contributed by atoms with Gasteiger partial charge >= 0.3 is 0 Å². The SMILES string of the molecule is CN1CC2COc3ccccc3C1O2. The lowest BCUT2D eigenvalue weighted by molar-refractivity contribution is 0.00350. The summed E-state index contributed by atoms with van der Waals surface area (Å²) in [6, 6.07) is 8.10. The molecule has 2 atom stereocenters. The van der Waals surface area contributed by atoms with Crippen molar-refractivity contribution in [1.82, 2.24) is 4.90 Å². The van der Waals surface area contributed by atoms with Crippen molar-refractivity contribution in [2.75, 3.05) is 20.2 Å². The quantitative estimate of drug-likeness (QED) is 0.619. The predicted octanol–water partition coefficient (Wildman–Crippen LogP) is 1.41. The van der Waals surface area contributed by atoms with E-state index in [4.69, 9.17) is 9.47 Å². The van der Waals surface area contributed by atoms with Crippen LogP contribution in [-0.4, -0.2) is 31.2 Å². The summed E-state index contributed by atoms with van der Waals surface area (Å²) in [6.45, 7) is 1.62. The zero-order valence-electron chi connectivity index (χ0n) is 8.14. The second-order valence-corrected chi connectivity index (χ2v) is 3.90. The second kappa shape index (κ2) is 2.97. The highest BCUT2D eigenvalue weighted by Crippen LogP contribution is 2.37. The van der Waals surface area contributed by atoms with Gasteiger partial charge in [0.15, 0.2) is 0 Å². The minimum Gasteiger partial charge on any atom is -0.490 e. The molecule has 3 heteroatoms. The van der Waals surface area contributed by atoms with Crippen molar-refractivity contribution < 1.29 is 9.47 Å². The molecule has 2 aliphatic rings. The molecular formula is C11H13NO2. The van der Waals surface area contributed by atoms with E-state index >= 15 is 0 Å². The Balaban J connectivity index is 2.07. The van der Waals surface area contributed by atoms with Crippen LogP contribution in [0, 0.1) is 0 Å². The highest BCUT2D eigenvalue weighted by molar-refractivity contribution is 5.36. The van der Waals surface area contributed by atoms with Gasteiger partial charge in [0.1, 0.15) is 24.7 Å². The Kier molecular flexibility index (Phi) is 1.75. The highest BCUT2D eigenvalue weighted by atomic mass is 16.6. The number of ether oxygens (including phenoxy) is 2. The molecule has 1 aromatic rings. The lowest BCUT2D eigenvalue weighted by Crippen LogP contribution is -2.25. The van der Waals surface area contributed by atoms with Crippen LogP contribution in [0.2, 0.25) is 0 Å². The van der Waals surface area contributed by atoms with Crippen LogP contribution >= 0.6 is 0 Å². The van der Waals surface area contributed by atoms with Gasteiger partial charge in [0.2, 0.25) is 0 Å². The first-order chi connectivity index (χ1) is 6.84. The Labute approximate surface area is 83.2 Å². The predicted molar refractivity (Wildman–Crippen MR) is 52.2 cm³/mol. The molecule has 2 heterocycles. The molecule has 0 spiro atoms. The third-order valence-corrected chi connectivity index (χ3v) is 2.82. The van der Waals surface area contributed by atoms with Gasteiger partial charge in [-0.2, -0.15) is 0 Å². The van der Waals surface area contributed by atoms with E-state index in [1.165, 1.54) is 0 Å². The van der Waals surface area contributed by atoms with Crippen LogP contribution in [0.5, 0.6) is 5.75 Å². The second-order valence-electron chi connectivity index (χ2n) is 3.90. The summed E-state index contributed by atoms with van der Waals surface area (Å²) >= 11 is 0. The number of hydrogen-bond donors (Lipinski definition) is 0. The Hall–Kier alpha value is -1.06. The van der Waals surface area contributed by atoms with E-state index in [-0.39, 0.29) is 12.3 Å². The molecule has 1 aromatic carbocycles. The molecule has 1 fully saturated rings. The van der Waals surface area contributed by atoms with Crippen molar-refractivity contribution in [3.63, 3.8) is 0 Å². The third kappa shape index (κ3) is 1.13. The molecule has 1 saturated heterocycles. The molecule has 74 valence electrons. The molecular weight excluding hydrogens is 178 g/mol. The van der Waals surface area contributed by atoms with Crippen LogP contribution in [0.4, 0.5) is 0 Å². The van der Waals surface area contributed by atoms with Crippen molar-refractivity contribution in [1.29, 1.82) is 0 Å². The molecule has 3 nitrogen and oxygen atoms in total.